The lowest BCUT2D eigenvalue weighted by atomic mass is 10.3. The van der Waals surface area contributed by atoms with Gasteiger partial charge in [-0.1, -0.05) is 0 Å². The Morgan fingerprint density at radius 3 is 2.85 bits per heavy atom. The third-order valence-electron chi connectivity index (χ3n) is 1.68. The fraction of sp³-hybridized carbons (Fsp3) is 0.125. The largest absolute Gasteiger partial charge is 0.341 e. The van der Waals surface area contributed by atoms with Crippen LogP contribution in [-0.2, 0) is 5.88 Å². The van der Waals surface area contributed by atoms with Gasteiger partial charge in [0.2, 0.25) is 0 Å². The molecule has 0 aliphatic heterocycles. The van der Waals surface area contributed by atoms with Crippen LogP contribution in [0.3, 0.4) is 0 Å². The molecule has 2 aromatic rings. The van der Waals surface area contributed by atoms with Crippen LogP contribution in [0.15, 0.2) is 12.1 Å². The second kappa shape index (κ2) is 2.96. The topological polar surface area (TPSA) is 28.7 Å². The Morgan fingerprint density at radius 2 is 2.15 bits per heavy atom. The minimum Gasteiger partial charge on any atom is -0.341 e. The number of benzene rings is 1. The lowest BCUT2D eigenvalue weighted by Gasteiger charge is -1.90. The van der Waals surface area contributed by atoms with Gasteiger partial charge in [0.25, 0.3) is 0 Å². The molecule has 0 fully saturated rings. The summed E-state index contributed by atoms with van der Waals surface area (Å²) in [4.78, 5) is 6.55. The summed E-state index contributed by atoms with van der Waals surface area (Å²) in [5.74, 6) is -0.728. The normalized spacial score (nSPS) is 11.0. The first kappa shape index (κ1) is 8.44. The smallest absolute Gasteiger partial charge is 0.153 e. The number of rotatable bonds is 1. The van der Waals surface area contributed by atoms with Crippen molar-refractivity contribution in [2.75, 3.05) is 0 Å². The average molecular weight is 203 g/mol. The maximum Gasteiger partial charge on any atom is 0.153 e. The van der Waals surface area contributed by atoms with Gasteiger partial charge in [0.15, 0.2) is 5.82 Å². The minimum atomic E-state index is -0.678. The van der Waals surface area contributed by atoms with E-state index in [0.29, 0.717) is 11.3 Å². The maximum atomic E-state index is 13.0. The standard InChI is InChI=1S/C8H5ClF2N2/c9-3-7-12-6-2-4(10)1-5(11)8(6)13-7/h1-2H,3H2,(H,12,13). The van der Waals surface area contributed by atoms with Crippen molar-refractivity contribution in [1.29, 1.82) is 0 Å². The fourth-order valence-electron chi connectivity index (χ4n) is 1.16. The van der Waals surface area contributed by atoms with Gasteiger partial charge < -0.3 is 4.98 Å². The van der Waals surface area contributed by atoms with Gasteiger partial charge in [-0.2, -0.15) is 0 Å². The second-order valence-electron chi connectivity index (χ2n) is 2.60. The first-order chi connectivity index (χ1) is 6.20. The summed E-state index contributed by atoms with van der Waals surface area (Å²) in [5, 5.41) is 0. The molecule has 1 N–H and O–H groups in total. The molecule has 0 unspecified atom stereocenters. The predicted octanol–water partition coefficient (Wildman–Crippen LogP) is 2.58. The van der Waals surface area contributed by atoms with Gasteiger partial charge >= 0.3 is 0 Å². The number of aromatic nitrogens is 2. The molecule has 13 heavy (non-hydrogen) atoms. The van der Waals surface area contributed by atoms with Crippen LogP contribution in [0.25, 0.3) is 11.0 Å². The quantitative estimate of drug-likeness (QED) is 0.708. The highest BCUT2D eigenvalue weighted by molar-refractivity contribution is 6.16. The Hall–Kier alpha value is -1.16. The summed E-state index contributed by atoms with van der Waals surface area (Å²) < 4.78 is 25.7. The molecule has 0 aliphatic rings. The van der Waals surface area contributed by atoms with Gasteiger partial charge in [-0.25, -0.2) is 13.8 Å². The number of alkyl halides is 1. The maximum absolute atomic E-state index is 13.0. The molecule has 0 radical (unpaired) electrons. The first-order valence-corrected chi connectivity index (χ1v) is 4.14. The Kier molecular flexibility index (Phi) is 1.92. The number of H-pyrrole nitrogens is 1. The monoisotopic (exact) mass is 202 g/mol. The molecular formula is C8H5ClF2N2. The molecule has 2 nitrogen and oxygen atoms in total. The second-order valence-corrected chi connectivity index (χ2v) is 2.87. The third-order valence-corrected chi connectivity index (χ3v) is 1.93. The Morgan fingerprint density at radius 1 is 1.38 bits per heavy atom. The number of fused-ring (bicyclic) bond motifs is 1. The summed E-state index contributed by atoms with van der Waals surface area (Å²) in [6.45, 7) is 0. The van der Waals surface area contributed by atoms with E-state index in [1.807, 2.05) is 0 Å². The highest BCUT2D eigenvalue weighted by Crippen LogP contribution is 2.17. The van der Waals surface area contributed by atoms with Crippen LogP contribution < -0.4 is 0 Å². The molecule has 0 saturated carbocycles. The van der Waals surface area contributed by atoms with Crippen molar-refractivity contribution in [3.05, 3.63) is 29.6 Å². The molecule has 0 amide bonds. The van der Waals surface area contributed by atoms with E-state index < -0.39 is 11.6 Å². The molecule has 5 heteroatoms. The lowest BCUT2D eigenvalue weighted by Crippen LogP contribution is -1.81. The zero-order valence-electron chi connectivity index (χ0n) is 6.44. The highest BCUT2D eigenvalue weighted by atomic mass is 35.5. The number of imidazole rings is 1. The Balaban J connectivity index is 2.75. The van der Waals surface area contributed by atoms with E-state index in [1.165, 1.54) is 6.07 Å². The van der Waals surface area contributed by atoms with Crippen LogP contribution in [0.2, 0.25) is 0 Å². The van der Waals surface area contributed by atoms with Crippen molar-refractivity contribution in [3.8, 4) is 0 Å². The van der Waals surface area contributed by atoms with Gasteiger partial charge in [-0.3, -0.25) is 0 Å². The van der Waals surface area contributed by atoms with E-state index in [4.69, 9.17) is 11.6 Å². The van der Waals surface area contributed by atoms with E-state index in [9.17, 15) is 8.78 Å². The van der Waals surface area contributed by atoms with Crippen LogP contribution in [0, 0.1) is 11.6 Å². The van der Waals surface area contributed by atoms with E-state index in [1.54, 1.807) is 0 Å². The van der Waals surface area contributed by atoms with Crippen molar-refractivity contribution in [2.24, 2.45) is 0 Å². The van der Waals surface area contributed by atoms with Gasteiger partial charge in [0.1, 0.15) is 17.2 Å². The van der Waals surface area contributed by atoms with E-state index >= 15 is 0 Å². The van der Waals surface area contributed by atoms with Crippen LogP contribution in [0.1, 0.15) is 5.82 Å². The number of hydrogen-bond donors (Lipinski definition) is 1. The van der Waals surface area contributed by atoms with E-state index in [2.05, 4.69) is 9.97 Å². The van der Waals surface area contributed by atoms with Crippen molar-refractivity contribution in [2.45, 2.75) is 5.88 Å². The third kappa shape index (κ3) is 1.37. The summed E-state index contributed by atoms with van der Waals surface area (Å²) in [5.41, 5.74) is 0.449. The van der Waals surface area contributed by atoms with Gasteiger partial charge in [0.05, 0.1) is 11.4 Å². The molecule has 0 spiro atoms. The van der Waals surface area contributed by atoms with E-state index in [-0.39, 0.29) is 11.4 Å². The molecule has 1 aromatic heterocycles. The molecule has 2 rings (SSSR count). The molecule has 0 bridgehead atoms. The molecule has 0 aliphatic carbocycles. The highest BCUT2D eigenvalue weighted by Gasteiger charge is 2.08. The number of halogens is 3. The SMILES string of the molecule is Fc1cc(F)c2nc(CCl)[nH]c2c1. The van der Waals surface area contributed by atoms with Crippen molar-refractivity contribution < 1.29 is 8.78 Å². The first-order valence-electron chi connectivity index (χ1n) is 3.60. The number of nitrogens with zero attached hydrogens (tertiary/aromatic N) is 1. The van der Waals surface area contributed by atoms with Crippen molar-refractivity contribution in [3.63, 3.8) is 0 Å². The number of nitrogens with one attached hydrogen (secondary N) is 1. The predicted molar refractivity (Wildman–Crippen MR) is 45.6 cm³/mol. The van der Waals surface area contributed by atoms with Gasteiger partial charge in [-0.05, 0) is 6.07 Å². The van der Waals surface area contributed by atoms with Crippen LogP contribution in [0.4, 0.5) is 8.78 Å². The minimum absolute atomic E-state index is 0.122. The summed E-state index contributed by atoms with van der Waals surface area (Å²) in [6, 6.07) is 1.97. The van der Waals surface area contributed by atoms with Crippen molar-refractivity contribution in [1.82, 2.24) is 9.97 Å². The van der Waals surface area contributed by atoms with Crippen molar-refractivity contribution >= 4 is 22.6 Å². The zero-order chi connectivity index (χ0) is 9.42. The summed E-state index contributed by atoms with van der Waals surface area (Å²) in [6.07, 6.45) is 0. The fourth-order valence-corrected chi connectivity index (χ4v) is 1.28. The Bertz CT molecular complexity index is 453. The summed E-state index contributed by atoms with van der Waals surface area (Å²) >= 11 is 5.48. The van der Waals surface area contributed by atoms with Gasteiger partial charge in [0, 0.05) is 6.07 Å². The number of hydrogen-bond acceptors (Lipinski definition) is 1. The average Bonchev–Trinajstić information content (AvgIpc) is 2.47. The molecule has 0 saturated heterocycles. The molecule has 1 heterocycles. The number of aromatic amines is 1. The Labute approximate surface area is 77.5 Å². The van der Waals surface area contributed by atoms with Crippen LogP contribution >= 0.6 is 11.6 Å². The zero-order valence-corrected chi connectivity index (χ0v) is 7.20. The van der Waals surface area contributed by atoms with Crippen LogP contribution in [0.5, 0.6) is 0 Å². The molecular weight excluding hydrogens is 198 g/mol. The lowest BCUT2D eigenvalue weighted by molar-refractivity contribution is 0.590. The van der Waals surface area contributed by atoms with Crippen LogP contribution in [-0.4, -0.2) is 9.97 Å². The summed E-state index contributed by atoms with van der Waals surface area (Å²) in [7, 11) is 0. The van der Waals surface area contributed by atoms with Gasteiger partial charge in [-0.15, -0.1) is 11.6 Å². The molecule has 1 aromatic carbocycles. The molecule has 0 atom stereocenters. The molecule has 68 valence electrons. The van der Waals surface area contributed by atoms with E-state index in [0.717, 1.165) is 6.07 Å².